The van der Waals surface area contributed by atoms with Crippen molar-refractivity contribution in [3.05, 3.63) is 53.6 Å². The van der Waals surface area contributed by atoms with Crippen LogP contribution in [0.3, 0.4) is 0 Å². The zero-order chi connectivity index (χ0) is 16.9. The number of rotatable bonds is 3. The Hall–Kier alpha value is -2.53. The van der Waals surface area contributed by atoms with E-state index in [1.165, 1.54) is 0 Å². The Morgan fingerprint density at radius 1 is 1.25 bits per heavy atom. The third-order valence-electron chi connectivity index (χ3n) is 3.72. The molecule has 0 fully saturated rings. The first-order valence-corrected chi connectivity index (χ1v) is 8.09. The predicted molar refractivity (Wildman–Crippen MR) is 97.5 cm³/mol. The largest absolute Gasteiger partial charge is 0.497 e. The highest BCUT2D eigenvalue weighted by Crippen LogP contribution is 2.24. The molecule has 1 N–H and O–H groups in total. The summed E-state index contributed by atoms with van der Waals surface area (Å²) in [5.41, 5.74) is 1.40. The number of halogens is 1. The summed E-state index contributed by atoms with van der Waals surface area (Å²) in [6, 6.07) is 14.1. The SMILES string of the molecule is COc1cccc(NC(=O)N(C2=NCCC2)c2ccc(Cl)cc2)c1. The van der Waals surface area contributed by atoms with E-state index in [1.54, 1.807) is 30.2 Å². The van der Waals surface area contributed by atoms with Crippen LogP contribution in [0.2, 0.25) is 5.02 Å². The molecule has 0 bridgehead atoms. The van der Waals surface area contributed by atoms with E-state index < -0.39 is 0 Å². The number of aliphatic imine (C=N–C) groups is 1. The van der Waals surface area contributed by atoms with Gasteiger partial charge in [0.2, 0.25) is 0 Å². The van der Waals surface area contributed by atoms with Crippen LogP contribution in [0.4, 0.5) is 16.2 Å². The number of amidine groups is 1. The van der Waals surface area contributed by atoms with Gasteiger partial charge in [-0.15, -0.1) is 0 Å². The minimum Gasteiger partial charge on any atom is -0.497 e. The molecule has 24 heavy (non-hydrogen) atoms. The maximum Gasteiger partial charge on any atom is 0.331 e. The van der Waals surface area contributed by atoms with Gasteiger partial charge in [0.25, 0.3) is 0 Å². The van der Waals surface area contributed by atoms with E-state index in [2.05, 4.69) is 10.3 Å². The highest BCUT2D eigenvalue weighted by atomic mass is 35.5. The van der Waals surface area contributed by atoms with Crippen LogP contribution in [0, 0.1) is 0 Å². The van der Waals surface area contributed by atoms with E-state index in [0.717, 1.165) is 30.9 Å². The zero-order valence-corrected chi connectivity index (χ0v) is 14.1. The first kappa shape index (κ1) is 16.3. The van der Waals surface area contributed by atoms with Crippen molar-refractivity contribution in [1.29, 1.82) is 0 Å². The maximum atomic E-state index is 12.8. The smallest absolute Gasteiger partial charge is 0.331 e. The zero-order valence-electron chi connectivity index (χ0n) is 13.3. The highest BCUT2D eigenvalue weighted by Gasteiger charge is 2.23. The number of anilines is 2. The Bertz CT molecular complexity index is 759. The van der Waals surface area contributed by atoms with Gasteiger partial charge in [0.1, 0.15) is 11.6 Å². The molecule has 0 atom stereocenters. The van der Waals surface area contributed by atoms with Gasteiger partial charge in [0, 0.05) is 29.7 Å². The van der Waals surface area contributed by atoms with Crippen molar-refractivity contribution in [2.24, 2.45) is 4.99 Å². The molecule has 2 amide bonds. The van der Waals surface area contributed by atoms with Gasteiger partial charge in [-0.1, -0.05) is 17.7 Å². The molecule has 0 spiro atoms. The Morgan fingerprint density at radius 2 is 2.04 bits per heavy atom. The summed E-state index contributed by atoms with van der Waals surface area (Å²) in [4.78, 5) is 18.9. The van der Waals surface area contributed by atoms with Crippen LogP contribution in [0.25, 0.3) is 0 Å². The second-order valence-electron chi connectivity index (χ2n) is 5.38. The Labute approximate surface area is 145 Å². The number of benzene rings is 2. The van der Waals surface area contributed by atoms with Crippen molar-refractivity contribution in [2.45, 2.75) is 12.8 Å². The van der Waals surface area contributed by atoms with E-state index in [0.29, 0.717) is 16.5 Å². The molecular formula is C18H18ClN3O2. The van der Waals surface area contributed by atoms with E-state index >= 15 is 0 Å². The maximum absolute atomic E-state index is 12.8. The van der Waals surface area contributed by atoms with Gasteiger partial charge in [-0.3, -0.25) is 9.89 Å². The lowest BCUT2D eigenvalue weighted by atomic mass is 10.2. The van der Waals surface area contributed by atoms with E-state index in [4.69, 9.17) is 16.3 Å². The lowest BCUT2D eigenvalue weighted by Crippen LogP contribution is -2.39. The number of carbonyl (C=O) groups excluding carboxylic acids is 1. The van der Waals surface area contributed by atoms with Crippen LogP contribution in [0.15, 0.2) is 53.5 Å². The second-order valence-corrected chi connectivity index (χ2v) is 5.81. The normalized spacial score (nSPS) is 13.3. The quantitative estimate of drug-likeness (QED) is 0.886. The first-order chi connectivity index (χ1) is 11.7. The minimum absolute atomic E-state index is 0.258. The predicted octanol–water partition coefficient (Wildman–Crippen LogP) is 4.58. The molecule has 1 heterocycles. The molecule has 0 aromatic heterocycles. The summed E-state index contributed by atoms with van der Waals surface area (Å²) in [5, 5.41) is 3.53. The molecule has 2 aromatic carbocycles. The number of carbonyl (C=O) groups is 1. The fourth-order valence-electron chi connectivity index (χ4n) is 2.56. The third kappa shape index (κ3) is 3.68. The van der Waals surface area contributed by atoms with Crippen molar-refractivity contribution in [3.8, 4) is 5.75 Å². The number of nitrogens with one attached hydrogen (secondary N) is 1. The number of nitrogens with zero attached hydrogens (tertiary/aromatic N) is 2. The fourth-order valence-corrected chi connectivity index (χ4v) is 2.69. The van der Waals surface area contributed by atoms with Crippen LogP contribution >= 0.6 is 11.6 Å². The van der Waals surface area contributed by atoms with Crippen LogP contribution in [0.5, 0.6) is 5.75 Å². The van der Waals surface area contributed by atoms with Crippen LogP contribution in [0.1, 0.15) is 12.8 Å². The number of methoxy groups -OCH3 is 1. The molecule has 1 aliphatic heterocycles. The van der Waals surface area contributed by atoms with E-state index in [1.807, 2.05) is 30.3 Å². The second kappa shape index (κ2) is 7.36. The number of hydrogen-bond acceptors (Lipinski definition) is 3. The van der Waals surface area contributed by atoms with Crippen LogP contribution in [-0.4, -0.2) is 25.5 Å². The molecule has 124 valence electrons. The van der Waals surface area contributed by atoms with Gasteiger partial charge < -0.3 is 10.1 Å². The monoisotopic (exact) mass is 343 g/mol. The van der Waals surface area contributed by atoms with Crippen molar-refractivity contribution >= 4 is 34.8 Å². The van der Waals surface area contributed by atoms with Gasteiger partial charge in [-0.25, -0.2) is 4.79 Å². The summed E-state index contributed by atoms with van der Waals surface area (Å²) < 4.78 is 5.19. The molecule has 0 radical (unpaired) electrons. The van der Waals surface area contributed by atoms with Crippen LogP contribution in [-0.2, 0) is 0 Å². The molecular weight excluding hydrogens is 326 g/mol. The molecule has 6 heteroatoms. The van der Waals surface area contributed by atoms with Crippen molar-refractivity contribution in [3.63, 3.8) is 0 Å². The number of amides is 2. The molecule has 0 aliphatic carbocycles. The number of ether oxygens (including phenoxy) is 1. The van der Waals surface area contributed by atoms with E-state index in [-0.39, 0.29) is 6.03 Å². The number of hydrogen-bond donors (Lipinski definition) is 1. The third-order valence-corrected chi connectivity index (χ3v) is 3.97. The van der Waals surface area contributed by atoms with Gasteiger partial charge in [0.05, 0.1) is 12.8 Å². The molecule has 0 saturated carbocycles. The van der Waals surface area contributed by atoms with Crippen molar-refractivity contribution in [1.82, 2.24) is 0 Å². The lowest BCUT2D eigenvalue weighted by Gasteiger charge is -2.23. The minimum atomic E-state index is -0.258. The molecule has 0 unspecified atom stereocenters. The molecule has 2 aromatic rings. The van der Waals surface area contributed by atoms with Crippen LogP contribution < -0.4 is 15.0 Å². The molecule has 5 nitrogen and oxygen atoms in total. The molecule has 3 rings (SSSR count). The Morgan fingerprint density at radius 3 is 2.71 bits per heavy atom. The Kier molecular flexibility index (Phi) is 5.01. The number of urea groups is 1. The average Bonchev–Trinajstić information content (AvgIpc) is 3.11. The van der Waals surface area contributed by atoms with Gasteiger partial charge in [0.15, 0.2) is 0 Å². The highest BCUT2D eigenvalue weighted by molar-refractivity contribution is 6.30. The lowest BCUT2D eigenvalue weighted by molar-refractivity contribution is 0.259. The molecule has 0 saturated heterocycles. The summed E-state index contributed by atoms with van der Waals surface area (Å²) >= 11 is 5.96. The fraction of sp³-hybridized carbons (Fsp3) is 0.222. The van der Waals surface area contributed by atoms with Crippen molar-refractivity contribution in [2.75, 3.05) is 23.9 Å². The first-order valence-electron chi connectivity index (χ1n) is 7.71. The average molecular weight is 344 g/mol. The summed E-state index contributed by atoms with van der Waals surface area (Å²) in [5.74, 6) is 1.45. The summed E-state index contributed by atoms with van der Waals surface area (Å²) in [6.07, 6.45) is 1.72. The van der Waals surface area contributed by atoms with Gasteiger partial charge in [-0.05, 0) is 42.8 Å². The van der Waals surface area contributed by atoms with E-state index in [9.17, 15) is 4.79 Å². The van der Waals surface area contributed by atoms with Gasteiger partial charge in [-0.2, -0.15) is 0 Å². The van der Waals surface area contributed by atoms with Gasteiger partial charge >= 0.3 is 6.03 Å². The summed E-state index contributed by atoms with van der Waals surface area (Å²) in [6.45, 7) is 0.742. The standard InChI is InChI=1S/C18H18ClN3O2/c1-24-16-5-2-4-14(12-16)21-18(23)22(17-6-3-11-20-17)15-9-7-13(19)8-10-15/h2,4-5,7-10,12H,3,6,11H2,1H3,(H,21,23). The Balaban J connectivity index is 1.87. The molecule has 1 aliphatic rings. The van der Waals surface area contributed by atoms with Crippen molar-refractivity contribution < 1.29 is 9.53 Å². The summed E-state index contributed by atoms with van der Waals surface area (Å²) in [7, 11) is 1.59. The topological polar surface area (TPSA) is 53.9 Å².